The molecule has 2 atom stereocenters. The van der Waals surface area contributed by atoms with Gasteiger partial charge in [-0.3, -0.25) is 4.98 Å². The van der Waals surface area contributed by atoms with E-state index in [0.717, 1.165) is 23.8 Å². The van der Waals surface area contributed by atoms with Crippen molar-refractivity contribution in [1.29, 1.82) is 0 Å². The van der Waals surface area contributed by atoms with Crippen LogP contribution < -0.4 is 10.6 Å². The van der Waals surface area contributed by atoms with Gasteiger partial charge < -0.3 is 10.6 Å². The first-order chi connectivity index (χ1) is 8.83. The second kappa shape index (κ2) is 6.62. The minimum absolute atomic E-state index is 0.627. The molecule has 1 fully saturated rings. The lowest BCUT2D eigenvalue weighted by Crippen LogP contribution is -2.31. The molecule has 0 saturated heterocycles. The summed E-state index contributed by atoms with van der Waals surface area (Å²) in [6.07, 6.45) is 10.5. The lowest BCUT2D eigenvalue weighted by atomic mass is 9.83. The van der Waals surface area contributed by atoms with Crippen molar-refractivity contribution in [2.45, 2.75) is 52.0 Å². The topological polar surface area (TPSA) is 37.0 Å². The van der Waals surface area contributed by atoms with Crippen molar-refractivity contribution in [3.8, 4) is 0 Å². The monoisotopic (exact) mass is 247 g/mol. The zero-order valence-corrected chi connectivity index (χ0v) is 11.6. The van der Waals surface area contributed by atoms with Gasteiger partial charge in [0.1, 0.15) is 0 Å². The SMILES string of the molecule is CCNc1cncc(NC2CCCCC2CC)c1. The predicted octanol–water partition coefficient (Wildman–Crippen LogP) is 3.89. The third-order valence-electron chi connectivity index (χ3n) is 3.90. The number of nitrogens with zero attached hydrogens (tertiary/aromatic N) is 1. The molecule has 3 nitrogen and oxygen atoms in total. The molecule has 0 aliphatic heterocycles. The maximum absolute atomic E-state index is 4.29. The smallest absolute Gasteiger partial charge is 0.0549 e. The standard InChI is InChI=1S/C15H25N3/c1-3-12-7-5-6-8-15(12)18-14-9-13(17-4-2)10-16-11-14/h9-12,15,17-18H,3-8H2,1-2H3. The highest BCUT2D eigenvalue weighted by Crippen LogP contribution is 2.29. The molecule has 1 aliphatic rings. The molecule has 0 spiro atoms. The second-order valence-corrected chi connectivity index (χ2v) is 5.20. The fourth-order valence-corrected chi connectivity index (χ4v) is 2.92. The van der Waals surface area contributed by atoms with Gasteiger partial charge in [-0.05, 0) is 31.7 Å². The molecule has 0 bridgehead atoms. The molecule has 1 aromatic heterocycles. The van der Waals surface area contributed by atoms with Crippen LogP contribution in [0.3, 0.4) is 0 Å². The van der Waals surface area contributed by atoms with Crippen LogP contribution >= 0.6 is 0 Å². The van der Waals surface area contributed by atoms with Crippen molar-refractivity contribution in [2.75, 3.05) is 17.2 Å². The van der Waals surface area contributed by atoms with E-state index in [1.54, 1.807) is 0 Å². The molecular formula is C15H25N3. The van der Waals surface area contributed by atoms with Gasteiger partial charge in [-0.15, -0.1) is 0 Å². The van der Waals surface area contributed by atoms with E-state index >= 15 is 0 Å². The zero-order chi connectivity index (χ0) is 12.8. The molecular weight excluding hydrogens is 222 g/mol. The first-order valence-corrected chi connectivity index (χ1v) is 7.29. The minimum Gasteiger partial charge on any atom is -0.384 e. The average molecular weight is 247 g/mol. The van der Waals surface area contributed by atoms with Crippen molar-refractivity contribution in [3.63, 3.8) is 0 Å². The average Bonchev–Trinajstić information content (AvgIpc) is 2.40. The van der Waals surface area contributed by atoms with Crippen LogP contribution in [0.4, 0.5) is 11.4 Å². The van der Waals surface area contributed by atoms with Crippen LogP contribution in [0.5, 0.6) is 0 Å². The molecule has 1 heterocycles. The maximum Gasteiger partial charge on any atom is 0.0549 e. The molecule has 2 rings (SSSR count). The highest BCUT2D eigenvalue weighted by molar-refractivity contribution is 5.54. The van der Waals surface area contributed by atoms with Crippen LogP contribution in [0, 0.1) is 5.92 Å². The Morgan fingerprint density at radius 1 is 1.17 bits per heavy atom. The molecule has 2 N–H and O–H groups in total. The summed E-state index contributed by atoms with van der Waals surface area (Å²) in [5.41, 5.74) is 2.25. The molecule has 2 unspecified atom stereocenters. The fraction of sp³-hybridized carbons (Fsp3) is 0.667. The van der Waals surface area contributed by atoms with E-state index in [1.165, 1.54) is 32.1 Å². The van der Waals surface area contributed by atoms with Gasteiger partial charge in [0.15, 0.2) is 0 Å². The van der Waals surface area contributed by atoms with Gasteiger partial charge in [-0.1, -0.05) is 26.2 Å². The first kappa shape index (κ1) is 13.2. The normalized spacial score (nSPS) is 23.7. The summed E-state index contributed by atoms with van der Waals surface area (Å²) in [5.74, 6) is 0.821. The summed E-state index contributed by atoms with van der Waals surface area (Å²) >= 11 is 0. The van der Waals surface area contributed by atoms with Crippen molar-refractivity contribution in [1.82, 2.24) is 4.98 Å². The predicted molar refractivity (Wildman–Crippen MR) is 78.1 cm³/mol. The third-order valence-corrected chi connectivity index (χ3v) is 3.90. The number of pyridine rings is 1. The number of rotatable bonds is 5. The minimum atomic E-state index is 0.627. The van der Waals surface area contributed by atoms with Crippen molar-refractivity contribution < 1.29 is 0 Å². The van der Waals surface area contributed by atoms with Gasteiger partial charge in [0.2, 0.25) is 0 Å². The molecule has 18 heavy (non-hydrogen) atoms. The lowest BCUT2D eigenvalue weighted by Gasteiger charge is -2.32. The largest absolute Gasteiger partial charge is 0.384 e. The number of aromatic nitrogens is 1. The summed E-state index contributed by atoms with van der Waals surface area (Å²) in [6.45, 7) is 5.35. The molecule has 1 saturated carbocycles. The van der Waals surface area contributed by atoms with Gasteiger partial charge in [0, 0.05) is 12.6 Å². The first-order valence-electron chi connectivity index (χ1n) is 7.29. The van der Waals surface area contributed by atoms with Crippen molar-refractivity contribution in [2.24, 2.45) is 5.92 Å². The summed E-state index contributed by atoms with van der Waals surface area (Å²) in [5, 5.41) is 6.99. The number of nitrogens with one attached hydrogen (secondary N) is 2. The highest BCUT2D eigenvalue weighted by Gasteiger charge is 2.23. The molecule has 0 radical (unpaired) electrons. The molecule has 1 aliphatic carbocycles. The fourth-order valence-electron chi connectivity index (χ4n) is 2.92. The Hall–Kier alpha value is -1.25. The lowest BCUT2D eigenvalue weighted by molar-refractivity contribution is 0.317. The zero-order valence-electron chi connectivity index (χ0n) is 11.6. The molecule has 3 heteroatoms. The van der Waals surface area contributed by atoms with Crippen molar-refractivity contribution in [3.05, 3.63) is 18.5 Å². The third kappa shape index (κ3) is 3.37. The van der Waals surface area contributed by atoms with Crippen LogP contribution in [-0.4, -0.2) is 17.6 Å². The Labute approximate surface area is 110 Å². The van der Waals surface area contributed by atoms with Crippen LogP contribution in [0.2, 0.25) is 0 Å². The number of anilines is 2. The molecule has 0 amide bonds. The van der Waals surface area contributed by atoms with E-state index in [2.05, 4.69) is 35.5 Å². The van der Waals surface area contributed by atoms with E-state index in [-0.39, 0.29) is 0 Å². The van der Waals surface area contributed by atoms with Crippen LogP contribution in [-0.2, 0) is 0 Å². The van der Waals surface area contributed by atoms with Gasteiger partial charge in [-0.25, -0.2) is 0 Å². The molecule has 0 aromatic carbocycles. The molecule has 1 aromatic rings. The van der Waals surface area contributed by atoms with E-state index in [0.29, 0.717) is 6.04 Å². The Bertz CT molecular complexity index is 365. The molecule has 100 valence electrons. The van der Waals surface area contributed by atoms with E-state index in [9.17, 15) is 0 Å². The number of hydrogen-bond acceptors (Lipinski definition) is 3. The summed E-state index contributed by atoms with van der Waals surface area (Å²) in [6, 6.07) is 2.79. The Morgan fingerprint density at radius 2 is 1.94 bits per heavy atom. The van der Waals surface area contributed by atoms with Gasteiger partial charge in [0.25, 0.3) is 0 Å². The van der Waals surface area contributed by atoms with Gasteiger partial charge in [0.05, 0.1) is 23.8 Å². The highest BCUT2D eigenvalue weighted by atomic mass is 15.0. The summed E-state index contributed by atoms with van der Waals surface area (Å²) in [7, 11) is 0. The Balaban J connectivity index is 2.00. The Morgan fingerprint density at radius 3 is 2.72 bits per heavy atom. The second-order valence-electron chi connectivity index (χ2n) is 5.20. The van der Waals surface area contributed by atoms with Crippen LogP contribution in [0.25, 0.3) is 0 Å². The van der Waals surface area contributed by atoms with Crippen molar-refractivity contribution >= 4 is 11.4 Å². The van der Waals surface area contributed by atoms with E-state index in [4.69, 9.17) is 0 Å². The summed E-state index contributed by atoms with van der Waals surface area (Å²) in [4.78, 5) is 4.29. The van der Waals surface area contributed by atoms with E-state index < -0.39 is 0 Å². The number of hydrogen-bond donors (Lipinski definition) is 2. The Kier molecular flexibility index (Phi) is 4.85. The van der Waals surface area contributed by atoms with E-state index in [1.807, 2.05) is 12.4 Å². The van der Waals surface area contributed by atoms with Gasteiger partial charge >= 0.3 is 0 Å². The van der Waals surface area contributed by atoms with Crippen LogP contribution in [0.1, 0.15) is 46.0 Å². The van der Waals surface area contributed by atoms with Gasteiger partial charge in [-0.2, -0.15) is 0 Å². The maximum atomic E-state index is 4.29. The quantitative estimate of drug-likeness (QED) is 0.828. The van der Waals surface area contributed by atoms with Crippen LogP contribution in [0.15, 0.2) is 18.5 Å². The summed E-state index contributed by atoms with van der Waals surface area (Å²) < 4.78 is 0.